The molecule has 9 heteroatoms. The predicted molar refractivity (Wildman–Crippen MR) is 101 cm³/mol. The first-order valence-electron chi connectivity index (χ1n) is 6.99. The van der Waals surface area contributed by atoms with Gasteiger partial charge in [0.25, 0.3) is 5.22 Å². The number of nitrogens with one attached hydrogen (secondary N) is 1. The van der Waals surface area contributed by atoms with Gasteiger partial charge in [-0.1, -0.05) is 64.8 Å². The van der Waals surface area contributed by atoms with Crippen LogP contribution in [0.15, 0.2) is 52.1 Å². The molecule has 0 radical (unpaired) electrons. The highest BCUT2D eigenvalue weighted by molar-refractivity contribution is 7.99. The Morgan fingerprint density at radius 3 is 2.44 bits per heavy atom. The molecule has 1 N–H and O–H groups in total. The summed E-state index contributed by atoms with van der Waals surface area (Å²) in [6.45, 7) is 0. The highest BCUT2D eigenvalue weighted by Crippen LogP contribution is 2.34. The summed E-state index contributed by atoms with van der Waals surface area (Å²) in [4.78, 5) is 12.1. The van der Waals surface area contributed by atoms with Gasteiger partial charge in [-0.15, -0.1) is 10.2 Å². The standard InChI is InChI=1S/C16H10Cl3N3O2S/c17-10-6-11(18)14(12(19)7-10)20-13(23)8-25-16-22-21-15(24-16)9-4-2-1-3-5-9/h1-7H,8H2,(H,20,23). The molecule has 5 nitrogen and oxygen atoms in total. The van der Waals surface area contributed by atoms with Crippen LogP contribution in [0.3, 0.4) is 0 Å². The summed E-state index contributed by atoms with van der Waals surface area (Å²) in [5.41, 5.74) is 1.12. The summed E-state index contributed by atoms with van der Waals surface area (Å²) in [6, 6.07) is 12.4. The number of benzene rings is 2. The Morgan fingerprint density at radius 2 is 1.76 bits per heavy atom. The van der Waals surface area contributed by atoms with Gasteiger partial charge in [0.2, 0.25) is 11.8 Å². The van der Waals surface area contributed by atoms with Gasteiger partial charge >= 0.3 is 0 Å². The molecule has 3 rings (SSSR count). The van der Waals surface area contributed by atoms with E-state index in [2.05, 4.69) is 15.5 Å². The summed E-state index contributed by atoms with van der Waals surface area (Å²) in [5.74, 6) is 0.147. The Labute approximate surface area is 162 Å². The van der Waals surface area contributed by atoms with Gasteiger partial charge in [-0.25, -0.2) is 0 Å². The van der Waals surface area contributed by atoms with E-state index in [4.69, 9.17) is 39.2 Å². The van der Waals surface area contributed by atoms with E-state index in [0.29, 0.717) is 21.8 Å². The molecule has 1 amide bonds. The van der Waals surface area contributed by atoms with Crippen molar-refractivity contribution in [2.75, 3.05) is 11.1 Å². The van der Waals surface area contributed by atoms with E-state index in [1.165, 1.54) is 12.1 Å². The molecule has 0 aliphatic rings. The number of halogens is 3. The van der Waals surface area contributed by atoms with E-state index in [9.17, 15) is 4.79 Å². The number of carbonyl (C=O) groups excluding carboxylic acids is 1. The van der Waals surface area contributed by atoms with Crippen molar-refractivity contribution in [3.63, 3.8) is 0 Å². The maximum absolute atomic E-state index is 12.1. The average Bonchev–Trinajstić information content (AvgIpc) is 3.06. The number of thioether (sulfide) groups is 1. The number of rotatable bonds is 5. The molecule has 2 aromatic carbocycles. The molecule has 0 atom stereocenters. The van der Waals surface area contributed by atoms with Crippen molar-refractivity contribution in [1.82, 2.24) is 10.2 Å². The highest BCUT2D eigenvalue weighted by Gasteiger charge is 2.14. The molecule has 0 spiro atoms. The van der Waals surface area contributed by atoms with Crippen LogP contribution in [0.4, 0.5) is 5.69 Å². The Balaban J connectivity index is 1.61. The zero-order valence-electron chi connectivity index (χ0n) is 12.5. The molecular formula is C16H10Cl3N3O2S. The second-order valence-corrected chi connectivity index (χ2v) is 7.00. The summed E-state index contributed by atoms with van der Waals surface area (Å²) >= 11 is 19.0. The zero-order valence-corrected chi connectivity index (χ0v) is 15.6. The average molecular weight is 415 g/mol. The predicted octanol–water partition coefficient (Wildman–Crippen LogP) is 5.43. The number of amides is 1. The topological polar surface area (TPSA) is 68.0 Å². The van der Waals surface area contributed by atoms with Gasteiger partial charge < -0.3 is 9.73 Å². The molecule has 1 heterocycles. The van der Waals surface area contributed by atoms with Crippen LogP contribution >= 0.6 is 46.6 Å². The van der Waals surface area contributed by atoms with Crippen LogP contribution in [-0.2, 0) is 4.79 Å². The second-order valence-electron chi connectivity index (χ2n) is 4.82. The van der Waals surface area contributed by atoms with E-state index < -0.39 is 0 Å². The maximum atomic E-state index is 12.1. The third-order valence-electron chi connectivity index (χ3n) is 3.03. The quantitative estimate of drug-likeness (QED) is 0.564. The van der Waals surface area contributed by atoms with Crippen molar-refractivity contribution in [3.8, 4) is 11.5 Å². The molecule has 0 fully saturated rings. The number of carbonyl (C=O) groups is 1. The lowest BCUT2D eigenvalue weighted by Crippen LogP contribution is -2.14. The Hall–Kier alpha value is -1.73. The van der Waals surface area contributed by atoms with E-state index in [-0.39, 0.29) is 21.7 Å². The summed E-state index contributed by atoms with van der Waals surface area (Å²) in [7, 11) is 0. The second kappa shape index (κ2) is 8.10. The van der Waals surface area contributed by atoms with Crippen molar-refractivity contribution < 1.29 is 9.21 Å². The molecule has 3 aromatic rings. The zero-order chi connectivity index (χ0) is 17.8. The summed E-state index contributed by atoms with van der Waals surface area (Å²) in [6.07, 6.45) is 0. The lowest BCUT2D eigenvalue weighted by molar-refractivity contribution is -0.113. The molecule has 128 valence electrons. The number of nitrogens with zero attached hydrogens (tertiary/aromatic N) is 2. The van der Waals surface area contributed by atoms with Gasteiger partial charge in [-0.05, 0) is 24.3 Å². The van der Waals surface area contributed by atoms with Crippen molar-refractivity contribution in [2.45, 2.75) is 5.22 Å². The summed E-state index contributed by atoms with van der Waals surface area (Å²) < 4.78 is 5.52. The molecule has 0 aliphatic heterocycles. The first-order valence-corrected chi connectivity index (χ1v) is 9.11. The van der Waals surface area contributed by atoms with Gasteiger partial charge in [0.1, 0.15) is 0 Å². The largest absolute Gasteiger partial charge is 0.411 e. The molecule has 0 bridgehead atoms. The third-order valence-corrected chi connectivity index (χ3v) is 4.66. The van der Waals surface area contributed by atoms with E-state index >= 15 is 0 Å². The first-order chi connectivity index (χ1) is 12.0. The van der Waals surface area contributed by atoms with Gasteiger partial charge in [-0.2, -0.15) is 0 Å². The number of hydrogen-bond donors (Lipinski definition) is 1. The van der Waals surface area contributed by atoms with Gasteiger partial charge in [0.05, 0.1) is 21.5 Å². The van der Waals surface area contributed by atoms with Crippen LogP contribution in [-0.4, -0.2) is 21.9 Å². The number of anilines is 1. The minimum atomic E-state index is -0.310. The van der Waals surface area contributed by atoms with Gasteiger partial charge in [0, 0.05) is 10.6 Å². The number of hydrogen-bond acceptors (Lipinski definition) is 5. The van der Waals surface area contributed by atoms with Crippen molar-refractivity contribution in [1.29, 1.82) is 0 Å². The minimum absolute atomic E-state index is 0.0612. The normalized spacial score (nSPS) is 10.7. The number of aromatic nitrogens is 2. The lowest BCUT2D eigenvalue weighted by atomic mass is 10.2. The fourth-order valence-corrected chi connectivity index (χ4v) is 3.40. The fraction of sp³-hybridized carbons (Fsp3) is 0.0625. The monoisotopic (exact) mass is 413 g/mol. The highest BCUT2D eigenvalue weighted by atomic mass is 35.5. The third kappa shape index (κ3) is 4.67. The Morgan fingerprint density at radius 1 is 1.08 bits per heavy atom. The first kappa shape index (κ1) is 18.1. The van der Waals surface area contributed by atoms with Crippen LogP contribution < -0.4 is 5.32 Å². The van der Waals surface area contributed by atoms with Crippen LogP contribution in [0.1, 0.15) is 0 Å². The SMILES string of the molecule is O=C(CSc1nnc(-c2ccccc2)o1)Nc1c(Cl)cc(Cl)cc1Cl. The molecule has 0 saturated heterocycles. The van der Waals surface area contributed by atoms with Crippen LogP contribution in [0, 0.1) is 0 Å². The van der Waals surface area contributed by atoms with Crippen molar-refractivity contribution in [3.05, 3.63) is 57.5 Å². The van der Waals surface area contributed by atoms with Crippen LogP contribution in [0.25, 0.3) is 11.5 Å². The molecule has 0 saturated carbocycles. The van der Waals surface area contributed by atoms with Crippen molar-refractivity contribution in [2.24, 2.45) is 0 Å². The molecule has 25 heavy (non-hydrogen) atoms. The smallest absolute Gasteiger partial charge is 0.277 e. The van der Waals surface area contributed by atoms with Crippen LogP contribution in [0.2, 0.25) is 15.1 Å². The van der Waals surface area contributed by atoms with Crippen LogP contribution in [0.5, 0.6) is 0 Å². The minimum Gasteiger partial charge on any atom is -0.411 e. The fourth-order valence-electron chi connectivity index (χ4n) is 1.93. The Bertz CT molecular complexity index is 880. The molecule has 0 unspecified atom stereocenters. The Kier molecular flexibility index (Phi) is 5.86. The van der Waals surface area contributed by atoms with E-state index in [1.807, 2.05) is 30.3 Å². The lowest BCUT2D eigenvalue weighted by Gasteiger charge is -2.09. The molecule has 1 aromatic heterocycles. The van der Waals surface area contributed by atoms with Gasteiger partial charge in [-0.3, -0.25) is 4.79 Å². The molecule has 0 aliphatic carbocycles. The molecular weight excluding hydrogens is 405 g/mol. The maximum Gasteiger partial charge on any atom is 0.277 e. The summed E-state index contributed by atoms with van der Waals surface area (Å²) in [5, 5.41) is 11.7. The van der Waals surface area contributed by atoms with E-state index in [0.717, 1.165) is 17.3 Å². The van der Waals surface area contributed by atoms with Crippen molar-refractivity contribution >= 4 is 58.2 Å². The van der Waals surface area contributed by atoms with Gasteiger partial charge in [0.15, 0.2) is 0 Å². The van der Waals surface area contributed by atoms with E-state index in [1.54, 1.807) is 0 Å².